The van der Waals surface area contributed by atoms with E-state index in [0.717, 1.165) is 17.5 Å². The van der Waals surface area contributed by atoms with Crippen molar-refractivity contribution in [2.75, 3.05) is 31.3 Å². The second-order valence-electron chi connectivity index (χ2n) is 6.29. The predicted molar refractivity (Wildman–Crippen MR) is 97.9 cm³/mol. The van der Waals surface area contributed by atoms with Crippen molar-refractivity contribution in [3.8, 4) is 0 Å². The first-order chi connectivity index (χ1) is 11.8. The zero-order valence-electron chi connectivity index (χ0n) is 14.3. The van der Waals surface area contributed by atoms with E-state index < -0.39 is 10.0 Å². The predicted octanol–water partition coefficient (Wildman–Crippen LogP) is 1.65. The summed E-state index contributed by atoms with van der Waals surface area (Å²) in [4.78, 5) is 14.6. The molecule has 1 aliphatic rings. The molecule has 0 fully saturated rings. The Morgan fingerprint density at radius 3 is 2.48 bits per heavy atom. The first-order valence-corrected chi connectivity index (χ1v) is 9.43. The van der Waals surface area contributed by atoms with Crippen LogP contribution >= 0.6 is 0 Å². The molecule has 0 atom stereocenters. The monoisotopic (exact) mass is 359 g/mol. The van der Waals surface area contributed by atoms with Gasteiger partial charge in [-0.2, -0.15) is 0 Å². The SMILES string of the molecule is CN(C)S(=O)(=O)c1ccc2c(c1)N(C(=O)Cc1ccc(N)cc1)CC2. The van der Waals surface area contributed by atoms with E-state index in [0.29, 0.717) is 17.9 Å². The number of sulfonamides is 1. The van der Waals surface area contributed by atoms with Crippen molar-refractivity contribution in [3.63, 3.8) is 0 Å². The van der Waals surface area contributed by atoms with Gasteiger partial charge >= 0.3 is 0 Å². The molecule has 0 aliphatic carbocycles. The third-order valence-corrected chi connectivity index (χ3v) is 6.18. The van der Waals surface area contributed by atoms with Crippen LogP contribution < -0.4 is 10.6 Å². The summed E-state index contributed by atoms with van der Waals surface area (Å²) < 4.78 is 25.9. The summed E-state index contributed by atoms with van der Waals surface area (Å²) in [6.45, 7) is 0.564. The van der Waals surface area contributed by atoms with Gasteiger partial charge in [0.1, 0.15) is 0 Å². The van der Waals surface area contributed by atoms with Crippen LogP contribution in [0.5, 0.6) is 0 Å². The van der Waals surface area contributed by atoms with Gasteiger partial charge in [0.15, 0.2) is 0 Å². The summed E-state index contributed by atoms with van der Waals surface area (Å²) in [7, 11) is -0.544. The highest BCUT2D eigenvalue weighted by Gasteiger charge is 2.27. The first-order valence-electron chi connectivity index (χ1n) is 7.99. The number of carbonyl (C=O) groups excluding carboxylic acids is 1. The number of rotatable bonds is 4. The van der Waals surface area contributed by atoms with E-state index in [1.54, 1.807) is 35.2 Å². The molecule has 0 unspecified atom stereocenters. The second-order valence-corrected chi connectivity index (χ2v) is 8.44. The van der Waals surface area contributed by atoms with E-state index >= 15 is 0 Å². The fourth-order valence-electron chi connectivity index (χ4n) is 2.89. The van der Waals surface area contributed by atoms with Gasteiger partial charge in [-0.05, 0) is 41.8 Å². The summed E-state index contributed by atoms with van der Waals surface area (Å²) in [5.41, 5.74) is 8.87. The third-order valence-electron chi connectivity index (χ3n) is 4.37. The minimum absolute atomic E-state index is 0.0528. The van der Waals surface area contributed by atoms with E-state index in [4.69, 9.17) is 5.73 Å². The topological polar surface area (TPSA) is 83.7 Å². The van der Waals surface area contributed by atoms with Crippen molar-refractivity contribution >= 4 is 27.3 Å². The molecule has 0 aromatic heterocycles. The van der Waals surface area contributed by atoms with Crippen LogP contribution in [0.2, 0.25) is 0 Å². The molecule has 0 radical (unpaired) electrons. The molecule has 1 amide bonds. The lowest BCUT2D eigenvalue weighted by atomic mass is 10.1. The highest BCUT2D eigenvalue weighted by atomic mass is 32.2. The van der Waals surface area contributed by atoms with E-state index in [-0.39, 0.29) is 17.2 Å². The maximum Gasteiger partial charge on any atom is 0.242 e. The highest BCUT2D eigenvalue weighted by Crippen LogP contribution is 2.31. The number of hydrogen-bond acceptors (Lipinski definition) is 4. The van der Waals surface area contributed by atoms with Crippen LogP contribution in [-0.4, -0.2) is 39.3 Å². The van der Waals surface area contributed by atoms with Crippen molar-refractivity contribution in [3.05, 3.63) is 53.6 Å². The Morgan fingerprint density at radius 1 is 1.16 bits per heavy atom. The molecule has 7 heteroatoms. The van der Waals surface area contributed by atoms with Crippen LogP contribution in [0, 0.1) is 0 Å². The average Bonchev–Trinajstić information content (AvgIpc) is 3.00. The summed E-state index contributed by atoms with van der Waals surface area (Å²) in [5, 5.41) is 0. The molecule has 2 aromatic carbocycles. The number of nitrogen functional groups attached to an aromatic ring is 1. The number of nitrogens with zero attached hydrogens (tertiary/aromatic N) is 2. The molecule has 2 N–H and O–H groups in total. The largest absolute Gasteiger partial charge is 0.399 e. The Kier molecular flexibility index (Phi) is 4.53. The van der Waals surface area contributed by atoms with Crippen molar-refractivity contribution < 1.29 is 13.2 Å². The van der Waals surface area contributed by atoms with Gasteiger partial charge in [-0.3, -0.25) is 4.79 Å². The normalized spacial score (nSPS) is 14.0. The standard InChI is InChI=1S/C18H21N3O3S/c1-20(2)25(23,24)16-8-5-14-9-10-21(17(14)12-16)18(22)11-13-3-6-15(19)7-4-13/h3-8,12H,9-11,19H2,1-2H3. The van der Waals surface area contributed by atoms with Crippen molar-refractivity contribution in [1.82, 2.24) is 4.31 Å². The molecule has 0 saturated heterocycles. The van der Waals surface area contributed by atoms with Crippen molar-refractivity contribution in [2.45, 2.75) is 17.7 Å². The van der Waals surface area contributed by atoms with E-state index in [2.05, 4.69) is 0 Å². The summed E-state index contributed by atoms with van der Waals surface area (Å²) in [6, 6.07) is 12.2. The van der Waals surface area contributed by atoms with Crippen LogP contribution in [0.3, 0.4) is 0 Å². The molecule has 1 heterocycles. The lowest BCUT2D eigenvalue weighted by molar-refractivity contribution is -0.117. The number of nitrogens with two attached hydrogens (primary N) is 1. The molecule has 132 valence electrons. The van der Waals surface area contributed by atoms with Gasteiger partial charge in [-0.25, -0.2) is 12.7 Å². The molecule has 0 saturated carbocycles. The van der Waals surface area contributed by atoms with Crippen LogP contribution in [0.15, 0.2) is 47.4 Å². The van der Waals surface area contributed by atoms with Gasteiger partial charge in [0.05, 0.1) is 11.3 Å². The van der Waals surface area contributed by atoms with Crippen molar-refractivity contribution in [2.24, 2.45) is 0 Å². The van der Waals surface area contributed by atoms with Crippen LogP contribution in [-0.2, 0) is 27.7 Å². The van der Waals surface area contributed by atoms with Gasteiger partial charge < -0.3 is 10.6 Å². The molecule has 25 heavy (non-hydrogen) atoms. The Bertz CT molecular complexity index is 906. The Balaban J connectivity index is 1.87. The molecule has 3 rings (SSSR count). The average molecular weight is 359 g/mol. The van der Waals surface area contributed by atoms with E-state index in [1.807, 2.05) is 12.1 Å². The van der Waals surface area contributed by atoms with E-state index in [1.165, 1.54) is 18.4 Å². The summed E-state index contributed by atoms with van der Waals surface area (Å²) in [5.74, 6) is -0.0528. The number of fused-ring (bicyclic) bond motifs is 1. The Hall–Kier alpha value is -2.38. The van der Waals surface area contributed by atoms with Gasteiger partial charge in [0.25, 0.3) is 0 Å². The van der Waals surface area contributed by atoms with Crippen LogP contribution in [0.25, 0.3) is 0 Å². The van der Waals surface area contributed by atoms with Crippen LogP contribution in [0.4, 0.5) is 11.4 Å². The summed E-state index contributed by atoms with van der Waals surface area (Å²) in [6.07, 6.45) is 0.982. The molecular weight excluding hydrogens is 338 g/mol. The van der Waals surface area contributed by atoms with Gasteiger partial charge in [0.2, 0.25) is 15.9 Å². The summed E-state index contributed by atoms with van der Waals surface area (Å²) >= 11 is 0. The Labute approximate surface area is 147 Å². The molecule has 1 aliphatic heterocycles. The quantitative estimate of drug-likeness (QED) is 0.842. The zero-order valence-corrected chi connectivity index (χ0v) is 15.1. The highest BCUT2D eigenvalue weighted by molar-refractivity contribution is 7.89. The number of carbonyl (C=O) groups is 1. The van der Waals surface area contributed by atoms with Gasteiger partial charge in [-0.1, -0.05) is 18.2 Å². The first kappa shape index (κ1) is 17.4. The molecular formula is C18H21N3O3S. The molecule has 6 nitrogen and oxygen atoms in total. The lowest BCUT2D eigenvalue weighted by Gasteiger charge is -2.19. The fraction of sp³-hybridized carbons (Fsp3) is 0.278. The van der Waals surface area contributed by atoms with E-state index in [9.17, 15) is 13.2 Å². The second kappa shape index (κ2) is 6.50. The zero-order chi connectivity index (χ0) is 18.2. The number of amides is 1. The smallest absolute Gasteiger partial charge is 0.242 e. The Morgan fingerprint density at radius 2 is 1.84 bits per heavy atom. The number of hydrogen-bond donors (Lipinski definition) is 1. The molecule has 2 aromatic rings. The van der Waals surface area contributed by atoms with Crippen molar-refractivity contribution in [1.29, 1.82) is 0 Å². The van der Waals surface area contributed by atoms with Crippen LogP contribution in [0.1, 0.15) is 11.1 Å². The molecule has 0 bridgehead atoms. The maximum absolute atomic E-state index is 12.7. The minimum Gasteiger partial charge on any atom is -0.399 e. The fourth-order valence-corrected chi connectivity index (χ4v) is 3.82. The minimum atomic E-state index is -3.53. The van der Waals surface area contributed by atoms with Gasteiger partial charge in [-0.15, -0.1) is 0 Å². The number of anilines is 2. The third kappa shape index (κ3) is 3.38. The lowest BCUT2D eigenvalue weighted by Crippen LogP contribution is -2.30. The number of benzene rings is 2. The maximum atomic E-state index is 12.7. The molecule has 0 spiro atoms. The van der Waals surface area contributed by atoms with Gasteiger partial charge in [0, 0.05) is 32.0 Å².